The highest BCUT2D eigenvalue weighted by molar-refractivity contribution is 6.07. The molecule has 0 bridgehead atoms. The molecule has 0 radical (unpaired) electrons. The van der Waals surface area contributed by atoms with Crippen molar-refractivity contribution in [3.63, 3.8) is 0 Å². The van der Waals surface area contributed by atoms with Crippen molar-refractivity contribution in [2.45, 2.75) is 6.42 Å². The molecule has 2 aromatic carbocycles. The number of nitrogens with zero attached hydrogens (tertiary/aromatic N) is 2. The number of methoxy groups -OCH3 is 1. The molecule has 5 heteroatoms. The summed E-state index contributed by atoms with van der Waals surface area (Å²) >= 11 is 0. The van der Waals surface area contributed by atoms with Crippen LogP contribution in [0.4, 0.5) is 0 Å². The van der Waals surface area contributed by atoms with E-state index >= 15 is 0 Å². The maximum absolute atomic E-state index is 13.3. The summed E-state index contributed by atoms with van der Waals surface area (Å²) in [6.07, 6.45) is 0.972. The fourth-order valence-corrected chi connectivity index (χ4v) is 3.48. The van der Waals surface area contributed by atoms with Gasteiger partial charge in [0.25, 0.3) is 5.91 Å². The monoisotopic (exact) mass is 361 g/mol. The lowest BCUT2D eigenvalue weighted by atomic mass is 10.0. The highest BCUT2D eigenvalue weighted by Crippen LogP contribution is 2.27. The number of benzene rings is 2. The molecule has 0 aliphatic carbocycles. The third-order valence-electron chi connectivity index (χ3n) is 4.96. The first-order chi connectivity index (χ1) is 13.3. The van der Waals surface area contributed by atoms with Gasteiger partial charge in [0.2, 0.25) is 0 Å². The van der Waals surface area contributed by atoms with E-state index < -0.39 is 0 Å². The van der Waals surface area contributed by atoms with Crippen LogP contribution in [0.25, 0.3) is 22.2 Å². The van der Waals surface area contributed by atoms with Gasteiger partial charge in [0.1, 0.15) is 5.75 Å². The Kier molecular flexibility index (Phi) is 5.03. The molecule has 1 amide bonds. The molecule has 0 unspecified atom stereocenters. The predicted octanol–water partition coefficient (Wildman–Crippen LogP) is 3.35. The first kappa shape index (κ1) is 17.5. The lowest BCUT2D eigenvalue weighted by molar-refractivity contribution is 0.0768. The van der Waals surface area contributed by atoms with Crippen molar-refractivity contribution in [3.05, 3.63) is 60.2 Å². The second-order valence-corrected chi connectivity index (χ2v) is 6.70. The summed E-state index contributed by atoms with van der Waals surface area (Å²) in [7, 11) is 1.65. The number of pyridine rings is 1. The number of hydrogen-bond acceptors (Lipinski definition) is 4. The third-order valence-corrected chi connectivity index (χ3v) is 4.96. The zero-order valence-corrected chi connectivity index (χ0v) is 15.4. The number of aromatic nitrogens is 1. The van der Waals surface area contributed by atoms with Crippen LogP contribution in [0, 0.1) is 0 Å². The van der Waals surface area contributed by atoms with E-state index in [1.165, 1.54) is 0 Å². The lowest BCUT2D eigenvalue weighted by Crippen LogP contribution is -2.34. The number of nitrogens with one attached hydrogen (secondary N) is 1. The Hall–Kier alpha value is -2.92. The number of rotatable bonds is 3. The first-order valence-electron chi connectivity index (χ1n) is 9.30. The number of carbonyl (C=O) groups is 1. The zero-order valence-electron chi connectivity index (χ0n) is 15.4. The number of amides is 1. The van der Waals surface area contributed by atoms with Gasteiger partial charge in [-0.3, -0.25) is 4.79 Å². The minimum absolute atomic E-state index is 0.0760. The third kappa shape index (κ3) is 3.64. The number of hydrogen-bond donors (Lipinski definition) is 1. The highest BCUT2D eigenvalue weighted by Gasteiger charge is 2.20. The molecule has 1 saturated heterocycles. The molecule has 1 aliphatic rings. The van der Waals surface area contributed by atoms with Gasteiger partial charge in [0, 0.05) is 30.6 Å². The highest BCUT2D eigenvalue weighted by atomic mass is 16.5. The largest absolute Gasteiger partial charge is 0.497 e. The number of carbonyl (C=O) groups excluding carboxylic acids is 1. The molecular formula is C22H23N3O2. The molecule has 3 aromatic rings. The van der Waals surface area contributed by atoms with Crippen molar-refractivity contribution in [2.24, 2.45) is 0 Å². The first-order valence-corrected chi connectivity index (χ1v) is 9.30. The Morgan fingerprint density at radius 3 is 2.70 bits per heavy atom. The Morgan fingerprint density at radius 2 is 1.89 bits per heavy atom. The van der Waals surface area contributed by atoms with E-state index in [0.29, 0.717) is 5.56 Å². The van der Waals surface area contributed by atoms with Crippen molar-refractivity contribution >= 4 is 16.8 Å². The quantitative estimate of drug-likeness (QED) is 0.777. The average molecular weight is 361 g/mol. The van der Waals surface area contributed by atoms with Gasteiger partial charge in [0.05, 0.1) is 23.9 Å². The van der Waals surface area contributed by atoms with E-state index in [1.54, 1.807) is 7.11 Å². The topological polar surface area (TPSA) is 54.5 Å². The van der Waals surface area contributed by atoms with Crippen LogP contribution in [0.1, 0.15) is 16.8 Å². The van der Waals surface area contributed by atoms with E-state index in [0.717, 1.165) is 60.5 Å². The molecule has 2 heterocycles. The van der Waals surface area contributed by atoms with Crippen LogP contribution in [0.15, 0.2) is 54.6 Å². The van der Waals surface area contributed by atoms with Gasteiger partial charge in [-0.05, 0) is 49.4 Å². The van der Waals surface area contributed by atoms with Crippen molar-refractivity contribution in [1.82, 2.24) is 15.2 Å². The smallest absolute Gasteiger partial charge is 0.254 e. The van der Waals surface area contributed by atoms with Gasteiger partial charge in [-0.25, -0.2) is 4.98 Å². The van der Waals surface area contributed by atoms with Gasteiger partial charge in [0.15, 0.2) is 0 Å². The summed E-state index contributed by atoms with van der Waals surface area (Å²) in [4.78, 5) is 20.0. The molecule has 0 saturated carbocycles. The molecule has 5 nitrogen and oxygen atoms in total. The van der Waals surface area contributed by atoms with Crippen LogP contribution < -0.4 is 10.1 Å². The van der Waals surface area contributed by atoms with Gasteiger partial charge in [-0.1, -0.05) is 18.2 Å². The van der Waals surface area contributed by atoms with Gasteiger partial charge >= 0.3 is 0 Å². The average Bonchev–Trinajstić information content (AvgIpc) is 3.02. The predicted molar refractivity (Wildman–Crippen MR) is 107 cm³/mol. The Labute approximate surface area is 159 Å². The van der Waals surface area contributed by atoms with Crippen molar-refractivity contribution in [1.29, 1.82) is 0 Å². The molecule has 1 N–H and O–H groups in total. The molecular weight excluding hydrogens is 338 g/mol. The molecule has 27 heavy (non-hydrogen) atoms. The summed E-state index contributed by atoms with van der Waals surface area (Å²) in [5.41, 5.74) is 3.32. The maximum atomic E-state index is 13.3. The summed E-state index contributed by atoms with van der Waals surface area (Å²) in [5, 5.41) is 4.25. The van der Waals surface area contributed by atoms with Crippen molar-refractivity contribution in [3.8, 4) is 17.0 Å². The van der Waals surface area contributed by atoms with Crippen LogP contribution in [0.2, 0.25) is 0 Å². The maximum Gasteiger partial charge on any atom is 0.254 e. The number of para-hydroxylation sites is 1. The van der Waals surface area contributed by atoms with Crippen molar-refractivity contribution in [2.75, 3.05) is 33.3 Å². The molecule has 4 rings (SSSR count). The minimum atomic E-state index is 0.0760. The second kappa shape index (κ2) is 7.76. The normalized spacial score (nSPS) is 14.8. The molecule has 0 spiro atoms. The number of fused-ring (bicyclic) bond motifs is 1. The Balaban J connectivity index is 1.79. The van der Waals surface area contributed by atoms with Gasteiger partial charge in [-0.15, -0.1) is 0 Å². The molecule has 1 aliphatic heterocycles. The van der Waals surface area contributed by atoms with E-state index in [9.17, 15) is 4.79 Å². The number of ether oxygens (including phenoxy) is 1. The summed E-state index contributed by atoms with van der Waals surface area (Å²) in [6, 6.07) is 17.5. The Morgan fingerprint density at radius 1 is 1.07 bits per heavy atom. The van der Waals surface area contributed by atoms with Crippen LogP contribution in [-0.4, -0.2) is 49.1 Å². The summed E-state index contributed by atoms with van der Waals surface area (Å²) < 4.78 is 5.24. The molecule has 0 atom stereocenters. The fraction of sp³-hybridized carbons (Fsp3) is 0.273. The van der Waals surface area contributed by atoms with Gasteiger partial charge < -0.3 is 15.0 Å². The molecule has 138 valence electrons. The standard InChI is InChI=1S/C22H23N3O2/c1-27-17-9-7-16(8-10-17)21-15-19(18-5-2-3-6-20(18)24-21)22(26)25-13-4-11-23-12-14-25/h2-3,5-10,15,23H,4,11-14H2,1H3. The van der Waals surface area contributed by atoms with Crippen molar-refractivity contribution < 1.29 is 9.53 Å². The van der Waals surface area contributed by atoms with Crippen LogP contribution in [0.5, 0.6) is 5.75 Å². The summed E-state index contributed by atoms with van der Waals surface area (Å²) in [5.74, 6) is 0.875. The van der Waals surface area contributed by atoms with Gasteiger partial charge in [-0.2, -0.15) is 0 Å². The van der Waals surface area contributed by atoms with Crippen LogP contribution in [0.3, 0.4) is 0 Å². The van der Waals surface area contributed by atoms with Crippen LogP contribution >= 0.6 is 0 Å². The lowest BCUT2D eigenvalue weighted by Gasteiger charge is -2.21. The minimum Gasteiger partial charge on any atom is -0.497 e. The van der Waals surface area contributed by atoms with E-state index in [2.05, 4.69) is 5.32 Å². The second-order valence-electron chi connectivity index (χ2n) is 6.70. The Bertz CT molecular complexity index is 945. The molecule has 1 aromatic heterocycles. The van der Waals surface area contributed by atoms with E-state index in [1.807, 2.05) is 59.5 Å². The van der Waals surface area contributed by atoms with E-state index in [-0.39, 0.29) is 5.91 Å². The van der Waals surface area contributed by atoms with E-state index in [4.69, 9.17) is 9.72 Å². The molecule has 1 fully saturated rings. The van der Waals surface area contributed by atoms with Crippen LogP contribution in [-0.2, 0) is 0 Å². The fourth-order valence-electron chi connectivity index (χ4n) is 3.48. The SMILES string of the molecule is COc1ccc(-c2cc(C(=O)N3CCCNCC3)c3ccccc3n2)cc1. The zero-order chi connectivity index (χ0) is 18.6. The summed E-state index contributed by atoms with van der Waals surface area (Å²) in [6.45, 7) is 3.30.